The Bertz CT molecular complexity index is 414. The Morgan fingerprint density at radius 1 is 1.44 bits per heavy atom. The van der Waals surface area contributed by atoms with Crippen molar-refractivity contribution in [3.63, 3.8) is 0 Å². The van der Waals surface area contributed by atoms with Crippen LogP contribution in [0.25, 0.3) is 0 Å². The minimum atomic E-state index is -0.0835. The molecule has 3 N–H and O–H groups in total. The molecule has 0 radical (unpaired) electrons. The lowest BCUT2D eigenvalue weighted by atomic mass is 9.83. The van der Waals surface area contributed by atoms with Crippen molar-refractivity contribution in [3.05, 3.63) is 35.4 Å². The molecular formula is C14H20N2O2. The molecule has 2 rings (SSSR count). The van der Waals surface area contributed by atoms with Crippen molar-refractivity contribution in [2.45, 2.75) is 38.5 Å². The van der Waals surface area contributed by atoms with E-state index in [0.717, 1.165) is 12.0 Å². The van der Waals surface area contributed by atoms with Crippen LogP contribution in [0.2, 0.25) is 0 Å². The van der Waals surface area contributed by atoms with E-state index in [4.69, 9.17) is 10.5 Å². The van der Waals surface area contributed by atoms with Crippen LogP contribution in [0.4, 0.5) is 0 Å². The van der Waals surface area contributed by atoms with Crippen LogP contribution in [0.15, 0.2) is 24.3 Å². The van der Waals surface area contributed by atoms with Gasteiger partial charge in [0.2, 0.25) is 0 Å². The number of carbonyl (C=O) groups excluding carboxylic acids is 1. The van der Waals surface area contributed by atoms with E-state index in [1.165, 1.54) is 0 Å². The molecule has 1 amide bonds. The number of amides is 1. The van der Waals surface area contributed by atoms with Crippen molar-refractivity contribution in [1.82, 2.24) is 5.32 Å². The largest absolute Gasteiger partial charge is 0.376 e. The third-order valence-electron chi connectivity index (χ3n) is 3.36. The monoisotopic (exact) mass is 248 g/mol. The summed E-state index contributed by atoms with van der Waals surface area (Å²) in [5, 5.41) is 2.95. The molecule has 0 aliphatic heterocycles. The molecule has 0 aromatic heterocycles. The number of hydrogen-bond acceptors (Lipinski definition) is 3. The van der Waals surface area contributed by atoms with Crippen LogP contribution < -0.4 is 11.1 Å². The number of ether oxygens (including phenoxy) is 1. The second kappa shape index (κ2) is 5.50. The first-order chi connectivity index (χ1) is 8.61. The predicted octanol–water partition coefficient (Wildman–Crippen LogP) is 1.23. The summed E-state index contributed by atoms with van der Waals surface area (Å²) >= 11 is 0. The first-order valence-electron chi connectivity index (χ1n) is 6.36. The minimum Gasteiger partial charge on any atom is -0.376 e. The van der Waals surface area contributed by atoms with Gasteiger partial charge in [0.15, 0.2) is 0 Å². The van der Waals surface area contributed by atoms with Crippen molar-refractivity contribution < 1.29 is 9.53 Å². The van der Waals surface area contributed by atoms with E-state index in [-0.39, 0.29) is 24.1 Å². The van der Waals surface area contributed by atoms with Gasteiger partial charge in [0.25, 0.3) is 5.91 Å². The van der Waals surface area contributed by atoms with Crippen LogP contribution in [-0.4, -0.2) is 30.7 Å². The molecule has 98 valence electrons. The Morgan fingerprint density at radius 2 is 2.11 bits per heavy atom. The Balaban J connectivity index is 1.96. The van der Waals surface area contributed by atoms with E-state index in [9.17, 15) is 4.79 Å². The van der Waals surface area contributed by atoms with Crippen molar-refractivity contribution >= 4 is 5.91 Å². The lowest BCUT2D eigenvalue weighted by Crippen LogP contribution is -2.64. The van der Waals surface area contributed by atoms with Gasteiger partial charge in [0.05, 0.1) is 12.1 Å². The molecule has 1 saturated carbocycles. The number of rotatable bonds is 4. The lowest BCUT2D eigenvalue weighted by molar-refractivity contribution is -0.0300. The van der Waals surface area contributed by atoms with E-state index in [1.54, 1.807) is 0 Å². The second-order valence-electron chi connectivity index (χ2n) is 4.76. The van der Waals surface area contributed by atoms with Gasteiger partial charge in [-0.05, 0) is 32.4 Å². The van der Waals surface area contributed by atoms with Gasteiger partial charge in [-0.3, -0.25) is 4.79 Å². The summed E-state index contributed by atoms with van der Waals surface area (Å²) in [6.45, 7) is 4.59. The molecule has 3 unspecified atom stereocenters. The van der Waals surface area contributed by atoms with E-state index < -0.39 is 0 Å². The maximum absolute atomic E-state index is 12.0. The van der Waals surface area contributed by atoms with Crippen molar-refractivity contribution in [2.75, 3.05) is 6.61 Å². The molecule has 0 saturated heterocycles. The highest BCUT2D eigenvalue weighted by molar-refractivity contribution is 5.94. The average molecular weight is 248 g/mol. The molecule has 18 heavy (non-hydrogen) atoms. The van der Waals surface area contributed by atoms with Gasteiger partial charge in [-0.2, -0.15) is 0 Å². The van der Waals surface area contributed by atoms with Gasteiger partial charge in [-0.15, -0.1) is 0 Å². The summed E-state index contributed by atoms with van der Waals surface area (Å²) in [6.07, 6.45) is 0.867. The minimum absolute atomic E-state index is 0.00375. The smallest absolute Gasteiger partial charge is 0.251 e. The molecule has 4 heteroatoms. The van der Waals surface area contributed by atoms with Gasteiger partial charge in [0.1, 0.15) is 0 Å². The number of nitrogens with two attached hydrogens (primary N) is 1. The summed E-state index contributed by atoms with van der Waals surface area (Å²) in [7, 11) is 0. The van der Waals surface area contributed by atoms with E-state index >= 15 is 0 Å². The Labute approximate surface area is 108 Å². The molecule has 0 bridgehead atoms. The zero-order valence-electron chi connectivity index (χ0n) is 10.8. The molecule has 1 aromatic carbocycles. The van der Waals surface area contributed by atoms with E-state index in [1.807, 2.05) is 38.1 Å². The number of aryl methyl sites for hydroxylation is 1. The normalized spacial score (nSPS) is 26.5. The fraction of sp³-hybridized carbons (Fsp3) is 0.500. The molecule has 1 aromatic rings. The summed E-state index contributed by atoms with van der Waals surface area (Å²) < 4.78 is 5.52. The quantitative estimate of drug-likeness (QED) is 0.842. The number of benzene rings is 1. The summed E-state index contributed by atoms with van der Waals surface area (Å²) in [5.41, 5.74) is 7.70. The van der Waals surface area contributed by atoms with Crippen molar-refractivity contribution in [1.29, 1.82) is 0 Å². The Hall–Kier alpha value is -1.39. The first-order valence-corrected chi connectivity index (χ1v) is 6.36. The molecule has 1 aliphatic rings. The molecule has 3 atom stereocenters. The summed E-state index contributed by atoms with van der Waals surface area (Å²) in [5.74, 6) is -0.0835. The SMILES string of the molecule is CCOC1CC(N)C1NC(=O)c1ccc(C)cc1. The predicted molar refractivity (Wildman–Crippen MR) is 70.4 cm³/mol. The maximum Gasteiger partial charge on any atom is 0.251 e. The van der Waals surface area contributed by atoms with Crippen LogP contribution in [0.1, 0.15) is 29.3 Å². The lowest BCUT2D eigenvalue weighted by Gasteiger charge is -2.42. The molecule has 4 nitrogen and oxygen atoms in total. The first kappa shape index (κ1) is 13.1. The topological polar surface area (TPSA) is 64.3 Å². The molecule has 1 aliphatic carbocycles. The molecular weight excluding hydrogens is 228 g/mol. The standard InChI is InChI=1S/C14H20N2O2/c1-3-18-12-8-11(15)13(12)16-14(17)10-6-4-9(2)5-7-10/h4-7,11-13H,3,8,15H2,1-2H3,(H,16,17). The molecule has 0 spiro atoms. The van der Waals surface area contributed by atoms with Gasteiger partial charge >= 0.3 is 0 Å². The van der Waals surface area contributed by atoms with Crippen LogP contribution >= 0.6 is 0 Å². The van der Waals surface area contributed by atoms with Crippen LogP contribution in [0, 0.1) is 6.92 Å². The van der Waals surface area contributed by atoms with Crippen LogP contribution in [-0.2, 0) is 4.74 Å². The number of nitrogens with one attached hydrogen (secondary N) is 1. The van der Waals surface area contributed by atoms with Gasteiger partial charge in [-0.1, -0.05) is 17.7 Å². The highest BCUT2D eigenvalue weighted by atomic mass is 16.5. The van der Waals surface area contributed by atoms with Gasteiger partial charge < -0.3 is 15.8 Å². The summed E-state index contributed by atoms with van der Waals surface area (Å²) in [6, 6.07) is 7.43. The Morgan fingerprint density at radius 3 is 2.67 bits per heavy atom. The molecule has 1 fully saturated rings. The zero-order valence-corrected chi connectivity index (χ0v) is 10.8. The molecule has 0 heterocycles. The van der Waals surface area contributed by atoms with Crippen LogP contribution in [0.5, 0.6) is 0 Å². The zero-order chi connectivity index (χ0) is 13.1. The van der Waals surface area contributed by atoms with Crippen molar-refractivity contribution in [2.24, 2.45) is 5.73 Å². The fourth-order valence-electron chi connectivity index (χ4n) is 2.17. The third-order valence-corrected chi connectivity index (χ3v) is 3.36. The number of carbonyl (C=O) groups is 1. The van der Waals surface area contributed by atoms with Gasteiger partial charge in [0, 0.05) is 18.2 Å². The van der Waals surface area contributed by atoms with Crippen molar-refractivity contribution in [3.8, 4) is 0 Å². The third kappa shape index (κ3) is 2.71. The highest BCUT2D eigenvalue weighted by Gasteiger charge is 2.40. The van der Waals surface area contributed by atoms with Gasteiger partial charge in [-0.25, -0.2) is 0 Å². The Kier molecular flexibility index (Phi) is 3.99. The van der Waals surface area contributed by atoms with E-state index in [0.29, 0.717) is 12.2 Å². The summed E-state index contributed by atoms with van der Waals surface area (Å²) in [4.78, 5) is 12.0. The highest BCUT2D eigenvalue weighted by Crippen LogP contribution is 2.22. The second-order valence-corrected chi connectivity index (χ2v) is 4.76. The fourth-order valence-corrected chi connectivity index (χ4v) is 2.17. The average Bonchev–Trinajstić information content (AvgIpc) is 2.36. The van der Waals surface area contributed by atoms with Crippen LogP contribution in [0.3, 0.4) is 0 Å². The van der Waals surface area contributed by atoms with E-state index in [2.05, 4.69) is 5.32 Å². The maximum atomic E-state index is 12.0. The number of hydrogen-bond donors (Lipinski definition) is 2.